The van der Waals surface area contributed by atoms with E-state index in [1.165, 1.54) is 11.1 Å². The molecule has 0 fully saturated rings. The Morgan fingerprint density at radius 1 is 1.33 bits per heavy atom. The Bertz CT molecular complexity index is 298. The van der Waals surface area contributed by atoms with Gasteiger partial charge in [-0.25, -0.2) is 0 Å². The summed E-state index contributed by atoms with van der Waals surface area (Å²) >= 11 is 0. The van der Waals surface area contributed by atoms with Gasteiger partial charge in [0.2, 0.25) is 0 Å². The Hall–Kier alpha value is -0.860. The van der Waals surface area contributed by atoms with Gasteiger partial charge in [-0.3, -0.25) is 0 Å². The van der Waals surface area contributed by atoms with Crippen molar-refractivity contribution in [1.82, 2.24) is 0 Å². The Balaban J connectivity index is 2.87. The largest absolute Gasteiger partial charge is 0.384 e. The summed E-state index contributed by atoms with van der Waals surface area (Å²) in [6.07, 6.45) is 0. The van der Waals surface area contributed by atoms with Crippen LogP contribution in [0.15, 0.2) is 24.3 Å². The van der Waals surface area contributed by atoms with Crippen LogP contribution in [0.25, 0.3) is 0 Å². The Kier molecular flexibility index (Phi) is 4.79. The molecule has 0 amide bonds. The van der Waals surface area contributed by atoms with Gasteiger partial charge in [-0.2, -0.15) is 0 Å². The van der Waals surface area contributed by atoms with E-state index in [2.05, 4.69) is 38.1 Å². The molecule has 0 saturated heterocycles. The molecule has 15 heavy (non-hydrogen) atoms. The molecule has 1 aromatic carbocycles. The van der Waals surface area contributed by atoms with Crippen LogP contribution in [0.3, 0.4) is 0 Å². The molecule has 1 aromatic rings. The molecule has 0 saturated carbocycles. The zero-order valence-electron chi connectivity index (χ0n) is 9.86. The number of hydrogen-bond donors (Lipinski definition) is 1. The third-order valence-corrected chi connectivity index (χ3v) is 2.96. The lowest BCUT2D eigenvalue weighted by molar-refractivity contribution is 0.147. The number of hydrogen-bond acceptors (Lipinski definition) is 2. The zero-order valence-corrected chi connectivity index (χ0v) is 9.86. The van der Waals surface area contributed by atoms with E-state index in [1.54, 1.807) is 7.11 Å². The molecule has 0 aliphatic rings. The summed E-state index contributed by atoms with van der Waals surface area (Å²) in [5.41, 5.74) is 8.52. The topological polar surface area (TPSA) is 35.2 Å². The van der Waals surface area contributed by atoms with Crippen LogP contribution in [0.5, 0.6) is 0 Å². The number of nitrogens with two attached hydrogens (primary N) is 1. The van der Waals surface area contributed by atoms with Crippen molar-refractivity contribution < 1.29 is 4.74 Å². The maximum absolute atomic E-state index is 5.85. The highest BCUT2D eigenvalue weighted by Crippen LogP contribution is 2.26. The van der Waals surface area contributed by atoms with E-state index in [4.69, 9.17) is 10.5 Å². The molecular formula is C13H21NO. The van der Waals surface area contributed by atoms with Gasteiger partial charge >= 0.3 is 0 Å². The van der Waals surface area contributed by atoms with Gasteiger partial charge in [0.1, 0.15) is 0 Å². The van der Waals surface area contributed by atoms with Crippen LogP contribution in [0.1, 0.15) is 24.0 Å². The second kappa shape index (κ2) is 5.89. The van der Waals surface area contributed by atoms with E-state index in [0.29, 0.717) is 18.4 Å². The first-order valence-corrected chi connectivity index (χ1v) is 5.45. The molecule has 1 rings (SSSR count). The Morgan fingerprint density at radius 3 is 2.53 bits per heavy atom. The minimum absolute atomic E-state index is 0.395. The number of benzene rings is 1. The van der Waals surface area contributed by atoms with E-state index in [0.717, 1.165) is 6.61 Å². The predicted octanol–water partition coefficient (Wildman–Crippen LogP) is 2.32. The SMILES string of the molecule is COCC(C)C(CN)c1ccccc1C. The van der Waals surface area contributed by atoms with Crippen molar-refractivity contribution in [3.63, 3.8) is 0 Å². The summed E-state index contributed by atoms with van der Waals surface area (Å²) in [6, 6.07) is 8.44. The average molecular weight is 207 g/mol. The molecule has 2 heteroatoms. The molecule has 2 N–H and O–H groups in total. The van der Waals surface area contributed by atoms with E-state index in [1.807, 2.05) is 0 Å². The van der Waals surface area contributed by atoms with Crippen LogP contribution >= 0.6 is 0 Å². The first kappa shape index (κ1) is 12.2. The highest BCUT2D eigenvalue weighted by molar-refractivity contribution is 5.29. The highest BCUT2D eigenvalue weighted by Gasteiger charge is 2.18. The van der Waals surface area contributed by atoms with Crippen LogP contribution in [-0.4, -0.2) is 20.3 Å². The fraction of sp³-hybridized carbons (Fsp3) is 0.538. The van der Waals surface area contributed by atoms with Crippen LogP contribution in [-0.2, 0) is 4.74 Å². The van der Waals surface area contributed by atoms with E-state index < -0.39 is 0 Å². The molecule has 84 valence electrons. The van der Waals surface area contributed by atoms with Crippen molar-refractivity contribution >= 4 is 0 Å². The summed E-state index contributed by atoms with van der Waals surface area (Å²) in [7, 11) is 1.74. The second-order valence-electron chi connectivity index (χ2n) is 4.13. The predicted molar refractivity (Wildman–Crippen MR) is 64.0 cm³/mol. The van der Waals surface area contributed by atoms with Gasteiger partial charge in [0.05, 0.1) is 0 Å². The number of ether oxygens (including phenoxy) is 1. The van der Waals surface area contributed by atoms with E-state index >= 15 is 0 Å². The third kappa shape index (κ3) is 3.05. The molecule has 0 spiro atoms. The first-order valence-electron chi connectivity index (χ1n) is 5.45. The number of rotatable bonds is 5. The van der Waals surface area contributed by atoms with Crippen LogP contribution < -0.4 is 5.73 Å². The molecular weight excluding hydrogens is 186 g/mol. The van der Waals surface area contributed by atoms with Crippen molar-refractivity contribution in [2.75, 3.05) is 20.3 Å². The smallest absolute Gasteiger partial charge is 0.0494 e. The summed E-state index contributed by atoms with van der Waals surface area (Å²) in [6.45, 7) is 5.76. The molecule has 0 heterocycles. The van der Waals surface area contributed by atoms with Gasteiger partial charge in [-0.1, -0.05) is 31.2 Å². The van der Waals surface area contributed by atoms with Gasteiger partial charge in [0.15, 0.2) is 0 Å². The van der Waals surface area contributed by atoms with E-state index in [-0.39, 0.29) is 0 Å². The fourth-order valence-electron chi connectivity index (χ4n) is 2.05. The minimum Gasteiger partial charge on any atom is -0.384 e. The van der Waals surface area contributed by atoms with Crippen LogP contribution in [0.2, 0.25) is 0 Å². The van der Waals surface area contributed by atoms with Gasteiger partial charge in [-0.05, 0) is 30.5 Å². The van der Waals surface area contributed by atoms with Crippen LogP contribution in [0, 0.1) is 12.8 Å². The summed E-state index contributed by atoms with van der Waals surface area (Å²) in [4.78, 5) is 0. The van der Waals surface area contributed by atoms with Crippen molar-refractivity contribution in [1.29, 1.82) is 0 Å². The van der Waals surface area contributed by atoms with Crippen molar-refractivity contribution in [3.8, 4) is 0 Å². The standard InChI is InChI=1S/C13H21NO/c1-10-6-4-5-7-12(10)13(8-14)11(2)9-15-3/h4-7,11,13H,8-9,14H2,1-3H3. The van der Waals surface area contributed by atoms with Gasteiger partial charge < -0.3 is 10.5 Å². The molecule has 2 unspecified atom stereocenters. The summed E-state index contributed by atoms with van der Waals surface area (Å²) < 4.78 is 5.19. The quantitative estimate of drug-likeness (QED) is 0.804. The van der Waals surface area contributed by atoms with Gasteiger partial charge in [-0.15, -0.1) is 0 Å². The van der Waals surface area contributed by atoms with Crippen LogP contribution in [0.4, 0.5) is 0 Å². The third-order valence-electron chi connectivity index (χ3n) is 2.96. The average Bonchev–Trinajstić information content (AvgIpc) is 2.22. The monoisotopic (exact) mass is 207 g/mol. The van der Waals surface area contributed by atoms with E-state index in [9.17, 15) is 0 Å². The molecule has 0 bridgehead atoms. The summed E-state index contributed by atoms with van der Waals surface area (Å²) in [5, 5.41) is 0. The maximum atomic E-state index is 5.85. The van der Waals surface area contributed by atoms with Crippen molar-refractivity contribution in [2.24, 2.45) is 11.7 Å². The normalized spacial score (nSPS) is 14.9. The maximum Gasteiger partial charge on any atom is 0.0494 e. The highest BCUT2D eigenvalue weighted by atomic mass is 16.5. The molecule has 2 nitrogen and oxygen atoms in total. The second-order valence-corrected chi connectivity index (χ2v) is 4.13. The Morgan fingerprint density at radius 2 is 2.00 bits per heavy atom. The molecule has 0 aliphatic heterocycles. The van der Waals surface area contributed by atoms with Crippen molar-refractivity contribution in [3.05, 3.63) is 35.4 Å². The summed E-state index contributed by atoms with van der Waals surface area (Å²) in [5.74, 6) is 0.854. The lowest BCUT2D eigenvalue weighted by Crippen LogP contribution is -2.23. The Labute approximate surface area is 92.4 Å². The molecule has 0 aliphatic carbocycles. The minimum atomic E-state index is 0.395. The molecule has 0 radical (unpaired) electrons. The lowest BCUT2D eigenvalue weighted by atomic mass is 9.85. The zero-order chi connectivity index (χ0) is 11.3. The molecule has 0 aromatic heterocycles. The fourth-order valence-corrected chi connectivity index (χ4v) is 2.05. The lowest BCUT2D eigenvalue weighted by Gasteiger charge is -2.23. The first-order chi connectivity index (χ1) is 7.20. The van der Waals surface area contributed by atoms with Gasteiger partial charge in [0, 0.05) is 19.6 Å². The van der Waals surface area contributed by atoms with Crippen molar-refractivity contribution in [2.45, 2.75) is 19.8 Å². The van der Waals surface area contributed by atoms with Gasteiger partial charge in [0.25, 0.3) is 0 Å². The molecule has 2 atom stereocenters. The number of methoxy groups -OCH3 is 1. The number of aryl methyl sites for hydroxylation is 1.